The van der Waals surface area contributed by atoms with Crippen molar-refractivity contribution in [2.45, 2.75) is 31.7 Å². The fraction of sp³-hybridized carbons (Fsp3) is 0.714. The van der Waals surface area contributed by atoms with Gasteiger partial charge < -0.3 is 10.2 Å². The summed E-state index contributed by atoms with van der Waals surface area (Å²) in [6.07, 6.45) is 6.91. The highest BCUT2D eigenvalue weighted by Crippen LogP contribution is 2.21. The van der Waals surface area contributed by atoms with Crippen LogP contribution in [-0.4, -0.2) is 61.2 Å². The first-order chi connectivity index (χ1) is 10.5. The first kappa shape index (κ1) is 15.5. The summed E-state index contributed by atoms with van der Waals surface area (Å²) in [4.78, 5) is 10.9. The molecule has 22 heavy (non-hydrogen) atoms. The Morgan fingerprint density at radius 1 is 1.14 bits per heavy atom. The van der Waals surface area contributed by atoms with Crippen LogP contribution in [0.3, 0.4) is 0 Å². The molecule has 0 radical (unpaired) electrons. The van der Waals surface area contributed by atoms with Crippen molar-refractivity contribution in [3.05, 3.63) is 12.4 Å². The van der Waals surface area contributed by atoms with E-state index in [1.807, 2.05) is 6.07 Å². The number of anilines is 2. The number of aromatic nitrogens is 2. The van der Waals surface area contributed by atoms with Gasteiger partial charge in [-0.25, -0.2) is 22.7 Å². The molecule has 3 rings (SSSR count). The predicted octanol–water partition coefficient (Wildman–Crippen LogP) is 0.913. The van der Waals surface area contributed by atoms with Crippen molar-refractivity contribution in [2.24, 2.45) is 0 Å². The van der Waals surface area contributed by atoms with Crippen molar-refractivity contribution < 1.29 is 8.42 Å². The molecule has 0 aliphatic carbocycles. The van der Waals surface area contributed by atoms with Crippen molar-refractivity contribution in [1.29, 1.82) is 0 Å². The van der Waals surface area contributed by atoms with Crippen LogP contribution >= 0.6 is 0 Å². The van der Waals surface area contributed by atoms with E-state index in [-0.39, 0.29) is 6.04 Å². The third-order valence-corrected chi connectivity index (χ3v) is 5.66. The van der Waals surface area contributed by atoms with Crippen molar-refractivity contribution in [1.82, 2.24) is 14.3 Å². The molecule has 2 saturated heterocycles. The van der Waals surface area contributed by atoms with Gasteiger partial charge in [0, 0.05) is 38.3 Å². The second-order valence-corrected chi connectivity index (χ2v) is 8.02. The molecule has 0 spiro atoms. The van der Waals surface area contributed by atoms with Gasteiger partial charge in [0.25, 0.3) is 0 Å². The topological polar surface area (TPSA) is 78.4 Å². The lowest BCUT2D eigenvalue weighted by Gasteiger charge is -2.31. The van der Waals surface area contributed by atoms with E-state index >= 15 is 0 Å². The fourth-order valence-electron chi connectivity index (χ4n) is 3.09. The molecule has 3 heterocycles. The van der Waals surface area contributed by atoms with E-state index in [0.29, 0.717) is 13.1 Å². The molecule has 7 nitrogen and oxygen atoms in total. The highest BCUT2D eigenvalue weighted by atomic mass is 32.2. The smallest absolute Gasteiger partial charge is 0.211 e. The van der Waals surface area contributed by atoms with Crippen molar-refractivity contribution in [3.63, 3.8) is 0 Å². The van der Waals surface area contributed by atoms with Crippen LogP contribution < -0.4 is 10.2 Å². The Morgan fingerprint density at radius 3 is 2.45 bits per heavy atom. The maximum absolute atomic E-state index is 11.5. The van der Waals surface area contributed by atoms with Crippen LogP contribution in [0.15, 0.2) is 12.4 Å². The average molecular weight is 325 g/mol. The summed E-state index contributed by atoms with van der Waals surface area (Å²) in [6.45, 7) is 3.26. The van der Waals surface area contributed by atoms with Gasteiger partial charge in [0.15, 0.2) is 0 Å². The molecule has 8 heteroatoms. The van der Waals surface area contributed by atoms with E-state index < -0.39 is 10.0 Å². The standard InChI is InChI=1S/C14H23N5O2S/c1-22(20,21)19-8-4-12(5-9-19)17-13-10-14(16-11-15-13)18-6-2-3-7-18/h10-12H,2-9H2,1H3,(H,15,16,17). The second kappa shape index (κ2) is 6.37. The quantitative estimate of drug-likeness (QED) is 0.887. The number of hydrogen-bond acceptors (Lipinski definition) is 6. The van der Waals surface area contributed by atoms with Gasteiger partial charge in [0.05, 0.1) is 6.26 Å². The van der Waals surface area contributed by atoms with Crippen LogP contribution in [0.2, 0.25) is 0 Å². The van der Waals surface area contributed by atoms with Gasteiger partial charge in [0.2, 0.25) is 10.0 Å². The van der Waals surface area contributed by atoms with E-state index in [1.54, 1.807) is 10.6 Å². The van der Waals surface area contributed by atoms with Gasteiger partial charge in [-0.3, -0.25) is 0 Å². The van der Waals surface area contributed by atoms with Crippen molar-refractivity contribution >= 4 is 21.7 Å². The van der Waals surface area contributed by atoms with Gasteiger partial charge in [-0.2, -0.15) is 0 Å². The molecule has 2 aliphatic rings. The van der Waals surface area contributed by atoms with Crippen molar-refractivity contribution in [2.75, 3.05) is 42.7 Å². The first-order valence-corrected chi connectivity index (χ1v) is 9.66. The molecule has 0 unspecified atom stereocenters. The molecule has 2 fully saturated rings. The van der Waals surface area contributed by atoms with Crippen LogP contribution in [-0.2, 0) is 10.0 Å². The van der Waals surface area contributed by atoms with Gasteiger partial charge in [-0.05, 0) is 25.7 Å². The summed E-state index contributed by atoms with van der Waals surface area (Å²) < 4.78 is 24.6. The molecule has 1 aromatic heterocycles. The van der Waals surface area contributed by atoms with E-state index in [9.17, 15) is 8.42 Å². The summed E-state index contributed by atoms with van der Waals surface area (Å²) in [5.41, 5.74) is 0. The zero-order valence-corrected chi connectivity index (χ0v) is 13.7. The largest absolute Gasteiger partial charge is 0.367 e. The average Bonchev–Trinajstić information content (AvgIpc) is 3.01. The van der Waals surface area contributed by atoms with Gasteiger partial charge in [0.1, 0.15) is 18.0 Å². The zero-order valence-electron chi connectivity index (χ0n) is 12.9. The minimum Gasteiger partial charge on any atom is -0.367 e. The molecular weight excluding hydrogens is 302 g/mol. The molecule has 0 atom stereocenters. The highest BCUT2D eigenvalue weighted by Gasteiger charge is 2.25. The summed E-state index contributed by atoms with van der Waals surface area (Å²) in [5, 5.41) is 3.42. The monoisotopic (exact) mass is 325 g/mol. The Balaban J connectivity index is 1.59. The van der Waals surface area contributed by atoms with Crippen LogP contribution in [0.4, 0.5) is 11.6 Å². The normalized spacial score (nSPS) is 21.2. The number of piperidine rings is 1. The summed E-state index contributed by atoms with van der Waals surface area (Å²) in [6, 6.07) is 2.26. The summed E-state index contributed by atoms with van der Waals surface area (Å²) in [5.74, 6) is 1.80. The predicted molar refractivity (Wildman–Crippen MR) is 86.5 cm³/mol. The summed E-state index contributed by atoms with van der Waals surface area (Å²) >= 11 is 0. The Hall–Kier alpha value is -1.41. The molecule has 0 bridgehead atoms. The molecular formula is C14H23N5O2S. The molecule has 1 aromatic rings. The maximum Gasteiger partial charge on any atom is 0.211 e. The van der Waals surface area contributed by atoms with E-state index in [4.69, 9.17) is 0 Å². The molecule has 0 saturated carbocycles. The van der Waals surface area contributed by atoms with Crippen molar-refractivity contribution in [3.8, 4) is 0 Å². The molecule has 2 aliphatic heterocycles. The van der Waals surface area contributed by atoms with Crippen LogP contribution in [0.25, 0.3) is 0 Å². The third kappa shape index (κ3) is 3.67. The number of nitrogens with zero attached hydrogens (tertiary/aromatic N) is 4. The van der Waals surface area contributed by atoms with E-state index in [2.05, 4.69) is 20.2 Å². The van der Waals surface area contributed by atoms with Gasteiger partial charge in [-0.15, -0.1) is 0 Å². The molecule has 122 valence electrons. The minimum atomic E-state index is -3.07. The number of hydrogen-bond donors (Lipinski definition) is 1. The SMILES string of the molecule is CS(=O)(=O)N1CCC(Nc2cc(N3CCCC3)ncn2)CC1. The van der Waals surface area contributed by atoms with E-state index in [1.165, 1.54) is 19.1 Å². The lowest BCUT2D eigenvalue weighted by molar-refractivity contribution is 0.331. The zero-order chi connectivity index (χ0) is 15.6. The fourth-order valence-corrected chi connectivity index (χ4v) is 3.96. The third-order valence-electron chi connectivity index (χ3n) is 4.36. The second-order valence-electron chi connectivity index (χ2n) is 6.04. The van der Waals surface area contributed by atoms with Crippen LogP contribution in [0.1, 0.15) is 25.7 Å². The number of sulfonamides is 1. The summed E-state index contributed by atoms with van der Waals surface area (Å²) in [7, 11) is -3.07. The molecule has 1 N–H and O–H groups in total. The lowest BCUT2D eigenvalue weighted by atomic mass is 10.1. The Labute approximate surface area is 131 Å². The van der Waals surface area contributed by atoms with Crippen LogP contribution in [0.5, 0.6) is 0 Å². The molecule has 0 amide bonds. The lowest BCUT2D eigenvalue weighted by Crippen LogP contribution is -2.41. The highest BCUT2D eigenvalue weighted by molar-refractivity contribution is 7.88. The Bertz CT molecular complexity index is 607. The molecule has 0 aromatic carbocycles. The minimum absolute atomic E-state index is 0.263. The number of nitrogens with one attached hydrogen (secondary N) is 1. The maximum atomic E-state index is 11.5. The number of rotatable bonds is 4. The van der Waals surface area contributed by atoms with Gasteiger partial charge in [-0.1, -0.05) is 0 Å². The first-order valence-electron chi connectivity index (χ1n) is 7.81. The Kier molecular flexibility index (Phi) is 4.49. The Morgan fingerprint density at radius 2 is 1.82 bits per heavy atom. The van der Waals surface area contributed by atoms with Gasteiger partial charge >= 0.3 is 0 Å². The van der Waals surface area contributed by atoms with E-state index in [0.717, 1.165) is 37.6 Å². The van der Waals surface area contributed by atoms with Crippen LogP contribution in [0, 0.1) is 0 Å².